The van der Waals surface area contributed by atoms with Gasteiger partial charge in [-0.15, -0.1) is 0 Å². The summed E-state index contributed by atoms with van der Waals surface area (Å²) in [5.41, 5.74) is 21.4. The van der Waals surface area contributed by atoms with Crippen LogP contribution in [0.2, 0.25) is 0 Å². The van der Waals surface area contributed by atoms with Gasteiger partial charge in [-0.1, -0.05) is 5.11 Å². The molecule has 0 aliphatic carbocycles. The summed E-state index contributed by atoms with van der Waals surface area (Å²) >= 11 is 0. The Hall–Kier alpha value is -5.24. The van der Waals surface area contributed by atoms with Gasteiger partial charge >= 0.3 is 11.9 Å². The topological polar surface area (TPSA) is 237 Å². The van der Waals surface area contributed by atoms with Gasteiger partial charge in [0.05, 0.1) is 25.0 Å². The highest BCUT2D eigenvalue weighted by Crippen LogP contribution is 2.19. The highest BCUT2D eigenvalue weighted by atomic mass is 16.6. The van der Waals surface area contributed by atoms with Gasteiger partial charge in [-0.05, 0) is 63.4 Å². The van der Waals surface area contributed by atoms with Crippen molar-refractivity contribution in [1.29, 1.82) is 0 Å². The van der Waals surface area contributed by atoms with Crippen molar-refractivity contribution in [2.75, 3.05) is 36.6 Å². The summed E-state index contributed by atoms with van der Waals surface area (Å²) in [5, 5.41) is 6.04. The number of fused-ring (bicyclic) bond motifs is 1. The molecule has 0 saturated carbocycles. The maximum absolute atomic E-state index is 13.1. The fraction of sp³-hybridized carbons (Fsp3) is 0.444. The van der Waals surface area contributed by atoms with Crippen molar-refractivity contribution in [3.8, 4) is 0 Å². The van der Waals surface area contributed by atoms with E-state index >= 15 is 0 Å². The molecule has 228 valence electrons. The Bertz CT molecular complexity index is 1500. The zero-order valence-electron chi connectivity index (χ0n) is 24.5. The first-order chi connectivity index (χ1) is 20.4. The van der Waals surface area contributed by atoms with Crippen molar-refractivity contribution in [3.63, 3.8) is 0 Å². The molecule has 1 aromatic carbocycles. The zero-order chi connectivity index (χ0) is 31.6. The lowest BCUT2D eigenvalue weighted by molar-refractivity contribution is -0.157. The number of nitrogens with zero attached hydrogens (tertiary/aromatic N) is 8. The summed E-state index contributed by atoms with van der Waals surface area (Å²) in [7, 11) is 1.85. The fourth-order valence-corrected chi connectivity index (χ4v) is 3.82. The number of rotatable bonds is 13. The number of anilines is 3. The van der Waals surface area contributed by atoms with Crippen molar-refractivity contribution < 1.29 is 23.9 Å². The molecule has 3 aromatic rings. The van der Waals surface area contributed by atoms with E-state index in [2.05, 4.69) is 35.3 Å². The molecule has 0 fully saturated rings. The van der Waals surface area contributed by atoms with Crippen LogP contribution in [0.15, 0.2) is 35.6 Å². The zero-order valence-corrected chi connectivity index (χ0v) is 24.5. The molecule has 0 radical (unpaired) electrons. The van der Waals surface area contributed by atoms with Crippen molar-refractivity contribution in [2.45, 2.75) is 58.2 Å². The van der Waals surface area contributed by atoms with Crippen LogP contribution >= 0.6 is 0 Å². The molecule has 2 heterocycles. The number of azide groups is 1. The van der Waals surface area contributed by atoms with E-state index in [0.717, 1.165) is 5.69 Å². The van der Waals surface area contributed by atoms with Crippen LogP contribution in [0, 0.1) is 0 Å². The number of hydrogen-bond acceptors (Lipinski definition) is 13. The third-order valence-corrected chi connectivity index (χ3v) is 5.83. The number of hydrogen-bond donors (Lipinski definition) is 3. The normalized spacial score (nSPS) is 11.7. The molecule has 0 unspecified atom stereocenters. The summed E-state index contributed by atoms with van der Waals surface area (Å²) in [6.07, 6.45) is 1.80. The Morgan fingerprint density at radius 1 is 1.14 bits per heavy atom. The van der Waals surface area contributed by atoms with Crippen LogP contribution in [-0.2, 0) is 25.6 Å². The number of aromatic nitrogens is 4. The van der Waals surface area contributed by atoms with Gasteiger partial charge in [-0.2, -0.15) is 9.97 Å². The minimum atomic E-state index is -1.08. The fourth-order valence-electron chi connectivity index (χ4n) is 3.82. The van der Waals surface area contributed by atoms with Gasteiger partial charge in [0.15, 0.2) is 17.0 Å². The largest absolute Gasteiger partial charge is 0.466 e. The monoisotopic (exact) mass is 593 g/mol. The lowest BCUT2D eigenvalue weighted by Crippen LogP contribution is -2.44. The van der Waals surface area contributed by atoms with Crippen LogP contribution in [0.25, 0.3) is 21.6 Å². The summed E-state index contributed by atoms with van der Waals surface area (Å²) in [6.45, 7) is 5.78. The van der Waals surface area contributed by atoms with Gasteiger partial charge in [0.1, 0.15) is 11.6 Å². The maximum atomic E-state index is 13.1. The van der Waals surface area contributed by atoms with Crippen molar-refractivity contribution >= 4 is 46.5 Å². The van der Waals surface area contributed by atoms with E-state index in [4.69, 9.17) is 26.5 Å². The quantitative estimate of drug-likeness (QED) is 0.0852. The first kappa shape index (κ1) is 32.3. The predicted octanol–water partition coefficient (Wildman–Crippen LogP) is 2.68. The average Bonchev–Trinajstić information content (AvgIpc) is 2.94. The average molecular weight is 594 g/mol. The van der Waals surface area contributed by atoms with Gasteiger partial charge in [0.25, 0.3) is 5.91 Å². The Kier molecular flexibility index (Phi) is 11.0. The number of benzene rings is 1. The lowest BCUT2D eigenvalue weighted by atomic mass is 10.1. The first-order valence-corrected chi connectivity index (χ1v) is 13.4. The second kappa shape index (κ2) is 14.6. The molecule has 16 nitrogen and oxygen atoms in total. The number of carbonyl (C=O) groups is 3. The van der Waals surface area contributed by atoms with Gasteiger partial charge in [0, 0.05) is 36.2 Å². The number of ether oxygens (including phenoxy) is 2. The Balaban J connectivity index is 1.63. The Labute approximate surface area is 247 Å². The summed E-state index contributed by atoms with van der Waals surface area (Å²) in [4.78, 5) is 59.3. The van der Waals surface area contributed by atoms with E-state index < -0.39 is 29.5 Å². The second-order valence-electron chi connectivity index (χ2n) is 10.5. The molecule has 0 spiro atoms. The van der Waals surface area contributed by atoms with Crippen LogP contribution < -0.4 is 21.7 Å². The van der Waals surface area contributed by atoms with Crippen molar-refractivity contribution in [1.82, 2.24) is 25.3 Å². The highest BCUT2D eigenvalue weighted by Gasteiger charge is 2.28. The van der Waals surface area contributed by atoms with E-state index in [-0.39, 0.29) is 37.8 Å². The van der Waals surface area contributed by atoms with Crippen molar-refractivity contribution in [3.05, 3.63) is 52.2 Å². The number of nitrogen functional groups attached to an aromatic ring is 2. The predicted molar refractivity (Wildman–Crippen MR) is 158 cm³/mol. The van der Waals surface area contributed by atoms with Crippen molar-refractivity contribution in [2.24, 2.45) is 5.11 Å². The molecule has 16 heteroatoms. The van der Waals surface area contributed by atoms with E-state index in [9.17, 15) is 14.4 Å². The highest BCUT2D eigenvalue weighted by molar-refractivity contribution is 5.97. The molecule has 1 atom stereocenters. The van der Waals surface area contributed by atoms with E-state index in [1.165, 1.54) is 0 Å². The summed E-state index contributed by atoms with van der Waals surface area (Å²) in [6, 6.07) is 5.65. The molecule has 1 amide bonds. The van der Waals surface area contributed by atoms with Gasteiger partial charge in [-0.3, -0.25) is 9.59 Å². The smallest absolute Gasteiger partial charge is 0.329 e. The van der Waals surface area contributed by atoms with Crippen LogP contribution in [0.3, 0.4) is 0 Å². The van der Waals surface area contributed by atoms with Gasteiger partial charge in [0.2, 0.25) is 5.95 Å². The molecule has 0 aliphatic rings. The molecule has 0 saturated heterocycles. The maximum Gasteiger partial charge on any atom is 0.329 e. The van der Waals surface area contributed by atoms with E-state index in [1.54, 1.807) is 51.2 Å². The number of nitrogens with one attached hydrogen (secondary N) is 1. The molecule has 0 bridgehead atoms. The van der Waals surface area contributed by atoms with Crippen LogP contribution in [0.4, 0.5) is 17.5 Å². The van der Waals surface area contributed by atoms with Gasteiger partial charge in [-0.25, -0.2) is 14.8 Å². The minimum absolute atomic E-state index is 0.0172. The first-order valence-electron chi connectivity index (χ1n) is 13.4. The summed E-state index contributed by atoms with van der Waals surface area (Å²) in [5.74, 6) is -1.57. The van der Waals surface area contributed by atoms with E-state index in [0.29, 0.717) is 35.4 Å². The molecular formula is C27H35N11O5. The third-order valence-electron chi connectivity index (χ3n) is 5.83. The molecule has 3 rings (SSSR count). The molecule has 43 heavy (non-hydrogen) atoms. The molecule has 2 aromatic heterocycles. The number of nitrogens with two attached hydrogens (primary N) is 2. The molecule has 0 aliphatic heterocycles. The molecular weight excluding hydrogens is 558 g/mol. The van der Waals surface area contributed by atoms with Gasteiger partial charge < -0.3 is 31.2 Å². The SMILES string of the molecule is CN(Cc1cnc2nc(N)nc(N)c2n1)c1ccc(C(=O)N[C@@H](CCC(=O)OCCCN=[N+]=[N-])C(=O)OC(C)(C)C)cc1. The van der Waals surface area contributed by atoms with Crippen LogP contribution in [0.1, 0.15) is 56.1 Å². The third kappa shape index (κ3) is 9.97. The van der Waals surface area contributed by atoms with E-state index in [1.807, 2.05) is 11.9 Å². The van der Waals surface area contributed by atoms with Crippen LogP contribution in [-0.4, -0.2) is 69.6 Å². The number of carbonyl (C=O) groups excluding carboxylic acids is 3. The van der Waals surface area contributed by atoms with Crippen LogP contribution in [0.5, 0.6) is 0 Å². The Morgan fingerprint density at radius 3 is 2.53 bits per heavy atom. The minimum Gasteiger partial charge on any atom is -0.466 e. The number of amides is 1. The standard InChI is InChI=1S/C27H35N11O5/c1-27(2,3)43-25(41)19(10-11-20(39)42-13-5-12-32-37-30)34-24(40)16-6-8-18(9-7-16)38(4)15-17-14-31-23-21(33-17)22(28)35-26(29)36-23/h6-9,14,19H,5,10-13,15H2,1-4H3,(H,34,40)(H4,28,29,31,35,36)/t19-/m0/s1. The second-order valence-corrected chi connectivity index (χ2v) is 10.5. The Morgan fingerprint density at radius 2 is 1.86 bits per heavy atom. The molecule has 5 N–H and O–H groups in total. The summed E-state index contributed by atoms with van der Waals surface area (Å²) < 4.78 is 10.6. The lowest BCUT2D eigenvalue weighted by Gasteiger charge is -2.24. The number of esters is 2.